The molecule has 0 radical (unpaired) electrons. The number of hydrogen-bond acceptors (Lipinski definition) is 4. The van der Waals surface area contributed by atoms with E-state index in [1.165, 1.54) is 24.1 Å². The van der Waals surface area contributed by atoms with Gasteiger partial charge in [0.2, 0.25) is 5.89 Å². The molecule has 0 N–H and O–H groups in total. The van der Waals surface area contributed by atoms with Gasteiger partial charge in [0.1, 0.15) is 12.0 Å². The molecule has 0 spiro atoms. The first kappa shape index (κ1) is 14.7. The van der Waals surface area contributed by atoms with Crippen molar-refractivity contribution in [2.45, 2.75) is 38.1 Å². The molecule has 2 aromatic heterocycles. The fourth-order valence-corrected chi connectivity index (χ4v) is 3.84. The molecule has 1 aromatic carbocycles. The van der Waals surface area contributed by atoms with Gasteiger partial charge in [0.25, 0.3) is 0 Å². The van der Waals surface area contributed by atoms with Crippen molar-refractivity contribution in [1.29, 1.82) is 0 Å². The highest BCUT2D eigenvalue weighted by Gasteiger charge is 2.41. The number of oxazole rings is 1. The second-order valence-electron chi connectivity index (χ2n) is 7.75. The maximum atomic E-state index is 5.77. The van der Waals surface area contributed by atoms with Crippen molar-refractivity contribution in [2.24, 2.45) is 0 Å². The van der Waals surface area contributed by atoms with Crippen LogP contribution in [0, 0.1) is 0 Å². The van der Waals surface area contributed by atoms with Gasteiger partial charge in [-0.3, -0.25) is 4.98 Å². The van der Waals surface area contributed by atoms with Gasteiger partial charge in [-0.2, -0.15) is 0 Å². The summed E-state index contributed by atoms with van der Waals surface area (Å²) in [6.07, 6.45) is 7.90. The van der Waals surface area contributed by atoms with E-state index in [0.717, 1.165) is 23.4 Å². The minimum atomic E-state index is 0.202. The Balaban J connectivity index is 1.54. The fraction of sp³-hybridized carbons (Fsp3) is 0.333. The van der Waals surface area contributed by atoms with Crippen LogP contribution in [0.2, 0.25) is 0 Å². The second-order valence-corrected chi connectivity index (χ2v) is 7.75. The number of fused-ring (bicyclic) bond motifs is 1. The van der Waals surface area contributed by atoms with Gasteiger partial charge in [0.05, 0.1) is 0 Å². The van der Waals surface area contributed by atoms with Crippen molar-refractivity contribution in [3.63, 3.8) is 0 Å². The lowest BCUT2D eigenvalue weighted by Crippen LogP contribution is -2.30. The van der Waals surface area contributed by atoms with E-state index in [1.54, 1.807) is 12.5 Å². The maximum absolute atomic E-state index is 5.77. The lowest BCUT2D eigenvalue weighted by atomic mass is 9.86. The summed E-state index contributed by atoms with van der Waals surface area (Å²) in [6, 6.07) is 11.3. The largest absolute Gasteiger partial charge is 0.444 e. The lowest BCUT2D eigenvalue weighted by molar-refractivity contribution is 0.549. The molecule has 1 aliphatic heterocycles. The molecule has 1 saturated carbocycles. The third-order valence-electron chi connectivity index (χ3n) is 5.30. The van der Waals surface area contributed by atoms with E-state index in [-0.39, 0.29) is 5.41 Å². The molecule has 4 nitrogen and oxygen atoms in total. The molecule has 126 valence electrons. The molecule has 3 heterocycles. The van der Waals surface area contributed by atoms with Crippen LogP contribution in [0.4, 0.5) is 5.69 Å². The first-order valence-corrected chi connectivity index (χ1v) is 8.89. The van der Waals surface area contributed by atoms with Crippen LogP contribution in [0.25, 0.3) is 22.7 Å². The molecule has 3 aromatic rings. The molecule has 0 unspecified atom stereocenters. The zero-order valence-electron chi connectivity index (χ0n) is 14.6. The normalized spacial score (nSPS) is 18.4. The Bertz CT molecular complexity index is 925. The van der Waals surface area contributed by atoms with Crippen molar-refractivity contribution in [2.75, 3.05) is 11.4 Å². The summed E-state index contributed by atoms with van der Waals surface area (Å²) in [5.74, 6) is 0.669. The van der Waals surface area contributed by atoms with Crippen LogP contribution in [0.3, 0.4) is 0 Å². The smallest absolute Gasteiger partial charge is 0.226 e. The summed E-state index contributed by atoms with van der Waals surface area (Å²) in [5, 5.41) is 0. The van der Waals surface area contributed by atoms with E-state index in [2.05, 4.69) is 46.9 Å². The van der Waals surface area contributed by atoms with Crippen LogP contribution in [0.1, 0.15) is 32.3 Å². The molecule has 1 aliphatic carbocycles. The van der Waals surface area contributed by atoms with E-state index in [9.17, 15) is 0 Å². The number of benzene rings is 1. The Morgan fingerprint density at radius 2 is 2.04 bits per heavy atom. The number of pyridine rings is 1. The number of hydrogen-bond donors (Lipinski definition) is 0. The molecule has 0 bridgehead atoms. The van der Waals surface area contributed by atoms with Crippen LogP contribution in [-0.4, -0.2) is 22.6 Å². The van der Waals surface area contributed by atoms with Crippen LogP contribution in [0.5, 0.6) is 0 Å². The van der Waals surface area contributed by atoms with Crippen molar-refractivity contribution in [1.82, 2.24) is 9.97 Å². The highest BCUT2D eigenvalue weighted by atomic mass is 16.3. The van der Waals surface area contributed by atoms with Crippen LogP contribution in [0.15, 0.2) is 53.4 Å². The molecule has 0 atom stereocenters. The maximum Gasteiger partial charge on any atom is 0.226 e. The zero-order valence-corrected chi connectivity index (χ0v) is 14.6. The second kappa shape index (κ2) is 5.19. The highest BCUT2D eigenvalue weighted by Crippen LogP contribution is 2.46. The molecule has 2 aliphatic rings. The molecule has 1 fully saturated rings. The summed E-state index contributed by atoms with van der Waals surface area (Å²) in [5.41, 5.74) is 5.82. The van der Waals surface area contributed by atoms with E-state index < -0.39 is 0 Å². The molecule has 25 heavy (non-hydrogen) atoms. The van der Waals surface area contributed by atoms with Crippen LogP contribution < -0.4 is 4.90 Å². The topological polar surface area (TPSA) is 42.2 Å². The molecule has 0 amide bonds. The Morgan fingerprint density at radius 3 is 2.80 bits per heavy atom. The number of nitrogens with zero attached hydrogens (tertiary/aromatic N) is 3. The summed E-state index contributed by atoms with van der Waals surface area (Å²) in [7, 11) is 0. The summed E-state index contributed by atoms with van der Waals surface area (Å²) >= 11 is 0. The fourth-order valence-electron chi connectivity index (χ4n) is 3.84. The SMILES string of the molecule is CC1(C)CN(C2CC2)c2cc(-c3nc(-c4cccnc4)co3)ccc21. The van der Waals surface area contributed by atoms with Gasteiger partial charge in [-0.05, 0) is 42.7 Å². The van der Waals surface area contributed by atoms with Crippen LogP contribution >= 0.6 is 0 Å². The number of aromatic nitrogens is 2. The predicted molar refractivity (Wildman–Crippen MR) is 98.6 cm³/mol. The Morgan fingerprint density at radius 1 is 1.16 bits per heavy atom. The van der Waals surface area contributed by atoms with Crippen molar-refractivity contribution < 1.29 is 4.42 Å². The lowest BCUT2D eigenvalue weighted by Gasteiger charge is -2.21. The first-order valence-electron chi connectivity index (χ1n) is 8.89. The van der Waals surface area contributed by atoms with E-state index in [0.29, 0.717) is 11.9 Å². The zero-order chi connectivity index (χ0) is 17.0. The Kier molecular flexibility index (Phi) is 3.05. The van der Waals surface area contributed by atoms with Crippen molar-refractivity contribution in [3.8, 4) is 22.7 Å². The molecular formula is C21H21N3O. The van der Waals surface area contributed by atoms with E-state index >= 15 is 0 Å². The summed E-state index contributed by atoms with van der Waals surface area (Å²) < 4.78 is 5.77. The van der Waals surface area contributed by atoms with Crippen molar-refractivity contribution >= 4 is 5.69 Å². The van der Waals surface area contributed by atoms with Gasteiger partial charge >= 0.3 is 0 Å². The molecule has 0 saturated heterocycles. The van der Waals surface area contributed by atoms with Gasteiger partial charge in [0, 0.05) is 47.2 Å². The highest BCUT2D eigenvalue weighted by molar-refractivity contribution is 5.72. The quantitative estimate of drug-likeness (QED) is 0.700. The Hall–Kier alpha value is -2.62. The number of rotatable bonds is 3. The molecule has 4 heteroatoms. The minimum Gasteiger partial charge on any atom is -0.444 e. The number of anilines is 1. The Labute approximate surface area is 147 Å². The summed E-state index contributed by atoms with van der Waals surface area (Å²) in [6.45, 7) is 5.77. The van der Waals surface area contributed by atoms with Gasteiger partial charge in [-0.1, -0.05) is 19.9 Å². The standard InChI is InChI=1S/C21H21N3O/c1-21(2)13-24(16-6-7-16)19-10-14(5-8-17(19)21)20-23-18(12-25-20)15-4-3-9-22-11-15/h3-5,8-12,16H,6-7,13H2,1-2H3. The van der Waals surface area contributed by atoms with Crippen LogP contribution in [-0.2, 0) is 5.41 Å². The van der Waals surface area contributed by atoms with Gasteiger partial charge < -0.3 is 9.32 Å². The first-order chi connectivity index (χ1) is 12.1. The monoisotopic (exact) mass is 331 g/mol. The van der Waals surface area contributed by atoms with Gasteiger partial charge in [-0.25, -0.2) is 4.98 Å². The van der Waals surface area contributed by atoms with Crippen molar-refractivity contribution in [3.05, 3.63) is 54.6 Å². The third-order valence-corrected chi connectivity index (χ3v) is 5.30. The van der Waals surface area contributed by atoms with E-state index in [4.69, 9.17) is 4.42 Å². The third kappa shape index (κ3) is 2.44. The van der Waals surface area contributed by atoms with Gasteiger partial charge in [-0.15, -0.1) is 0 Å². The van der Waals surface area contributed by atoms with Gasteiger partial charge in [0.15, 0.2) is 0 Å². The predicted octanol–water partition coefficient (Wildman–Crippen LogP) is 4.66. The van der Waals surface area contributed by atoms with E-state index in [1.807, 2.05) is 18.3 Å². The molecular weight excluding hydrogens is 310 g/mol. The summed E-state index contributed by atoms with van der Waals surface area (Å²) in [4.78, 5) is 11.4. The average Bonchev–Trinajstić information content (AvgIpc) is 3.28. The average molecular weight is 331 g/mol. The molecule has 5 rings (SSSR count). The minimum absolute atomic E-state index is 0.202.